The van der Waals surface area contributed by atoms with Crippen LogP contribution in [0.5, 0.6) is 0 Å². The normalized spacial score (nSPS) is 3.53. The van der Waals surface area contributed by atoms with Gasteiger partial charge in [0.25, 0.3) is 0 Å². The summed E-state index contributed by atoms with van der Waals surface area (Å²) in [6, 6.07) is 0. The van der Waals surface area contributed by atoms with E-state index in [1.165, 1.54) is 0 Å². The molecule has 17 heavy (non-hydrogen) atoms. The Labute approximate surface area is 118 Å². The predicted octanol–water partition coefficient (Wildman–Crippen LogP) is -1.75. The smallest absolute Gasteiger partial charge is 0.444 e. The fraction of sp³-hybridized carbons (Fsp3) is 0. The van der Waals surface area contributed by atoms with Gasteiger partial charge >= 0.3 is 40.6 Å². The molecule has 0 atom stereocenters. The molecule has 0 heterocycles. The number of rotatable bonds is 0. The van der Waals surface area contributed by atoms with Gasteiger partial charge in [0.05, 0.1) is 0 Å². The molecular formula is LiN5O10Ti. The summed E-state index contributed by atoms with van der Waals surface area (Å²) in [5.74, 6) is 0. The molecular weight excluding hydrogens is 285 g/mol. The van der Waals surface area contributed by atoms with Crippen molar-refractivity contribution < 1.29 is 40.6 Å². The molecule has 0 N–H and O–H groups in total. The van der Waals surface area contributed by atoms with E-state index < -0.39 is 0 Å². The first-order valence-electron chi connectivity index (χ1n) is 1.83. The van der Waals surface area contributed by atoms with Crippen LogP contribution in [0, 0.1) is 50.6 Å². The molecule has 0 aromatic heterocycles. The third-order valence-corrected chi connectivity index (χ3v) is 0. The summed E-state index contributed by atoms with van der Waals surface area (Å²) >= 11 is 0. The van der Waals surface area contributed by atoms with Crippen molar-refractivity contribution in [1.82, 2.24) is 0 Å². The molecule has 0 radical (unpaired) electrons. The summed E-state index contributed by atoms with van der Waals surface area (Å²) in [6.45, 7) is 0. The minimum Gasteiger partial charge on any atom is -0.444 e. The molecule has 0 aliphatic carbocycles. The van der Waals surface area contributed by atoms with Gasteiger partial charge < -0.3 is 50.6 Å². The van der Waals surface area contributed by atoms with Crippen LogP contribution in [0.4, 0.5) is 0 Å². The Bertz CT molecular complexity index is 97.0. The minimum atomic E-state index is 0. The molecule has 15 nitrogen and oxygen atoms in total. The largest absolute Gasteiger partial charge is 4.00 e. The van der Waals surface area contributed by atoms with E-state index in [9.17, 15) is 0 Å². The summed E-state index contributed by atoms with van der Waals surface area (Å²) in [5.41, 5.74) is 0. The third kappa shape index (κ3) is 761. The molecule has 17 heteroatoms. The average Bonchev–Trinajstić information content (AvgIpc) is 2.09. The van der Waals surface area contributed by atoms with Crippen molar-refractivity contribution in [2.75, 3.05) is 0 Å². The molecule has 0 unspecified atom stereocenters. The molecule has 0 fully saturated rings. The van der Waals surface area contributed by atoms with Crippen LogP contribution < -0.4 is 18.9 Å². The maximum atomic E-state index is 8.00. The van der Waals surface area contributed by atoms with Gasteiger partial charge in [-0.1, -0.05) is 0 Å². The van der Waals surface area contributed by atoms with E-state index in [1.54, 1.807) is 0 Å². The van der Waals surface area contributed by atoms with Crippen molar-refractivity contribution in [3.63, 3.8) is 0 Å². The van der Waals surface area contributed by atoms with Crippen LogP contribution in [-0.4, -0.2) is 0 Å². The van der Waals surface area contributed by atoms with Crippen LogP contribution in [0.25, 0.3) is 0 Å². The average molecular weight is 285 g/mol. The number of hydrogen-bond donors (Lipinski definition) is 0. The van der Waals surface area contributed by atoms with Gasteiger partial charge in [0.2, 0.25) is 0 Å². The Morgan fingerprint density at radius 1 is 0.471 bits per heavy atom. The minimum absolute atomic E-state index is 0. The van der Waals surface area contributed by atoms with Gasteiger partial charge in [-0.2, -0.15) is 0 Å². The van der Waals surface area contributed by atoms with Crippen LogP contribution >= 0.6 is 0 Å². The molecule has 0 amide bonds. The Hall–Kier alpha value is -1.69. The van der Waals surface area contributed by atoms with E-state index in [0.717, 1.165) is 26.7 Å². The van der Waals surface area contributed by atoms with Crippen molar-refractivity contribution in [2.24, 2.45) is 26.7 Å². The molecule has 0 rings (SSSR count). The first-order valence-corrected chi connectivity index (χ1v) is 1.83. The van der Waals surface area contributed by atoms with Gasteiger partial charge in [-0.15, -0.1) is 26.7 Å². The molecule has 0 aromatic carbocycles. The Balaban J connectivity index is -0.0000000143. The maximum absolute atomic E-state index is 8.00. The molecule has 90 valence electrons. The van der Waals surface area contributed by atoms with Gasteiger partial charge in [-0.25, -0.2) is 0 Å². The summed E-state index contributed by atoms with van der Waals surface area (Å²) < 4.78 is 0. The van der Waals surface area contributed by atoms with Crippen LogP contribution in [0.1, 0.15) is 0 Å². The van der Waals surface area contributed by atoms with E-state index in [1.807, 2.05) is 0 Å². The molecule has 0 bridgehead atoms. The zero-order chi connectivity index (χ0) is 13.5. The number of hydrogen-bond acceptors (Lipinski definition) is 15. The van der Waals surface area contributed by atoms with Crippen molar-refractivity contribution in [3.8, 4) is 0 Å². The molecule has 0 aliphatic heterocycles. The monoisotopic (exact) mass is 285 g/mol. The van der Waals surface area contributed by atoms with E-state index in [-0.39, 0.29) is 40.6 Å². The van der Waals surface area contributed by atoms with Crippen LogP contribution in [0.3, 0.4) is 0 Å². The van der Waals surface area contributed by atoms with Gasteiger partial charge in [0.15, 0.2) is 0 Å². The molecule has 0 spiro atoms. The van der Waals surface area contributed by atoms with Gasteiger partial charge in [0, 0.05) is 0 Å². The van der Waals surface area contributed by atoms with Gasteiger partial charge in [-0.05, 0) is 0 Å². The summed E-state index contributed by atoms with van der Waals surface area (Å²) in [5, 5.41) is 45.0. The van der Waals surface area contributed by atoms with Crippen molar-refractivity contribution in [3.05, 3.63) is 50.6 Å². The van der Waals surface area contributed by atoms with Crippen molar-refractivity contribution in [1.29, 1.82) is 0 Å². The van der Waals surface area contributed by atoms with Crippen molar-refractivity contribution in [2.45, 2.75) is 0 Å². The van der Waals surface area contributed by atoms with Crippen LogP contribution in [-0.2, 0) is 21.7 Å². The molecule has 0 saturated heterocycles. The topological polar surface area (TPSA) is 262 Å². The fourth-order valence-electron chi connectivity index (χ4n) is 0. The predicted molar refractivity (Wildman–Crippen MR) is 45.8 cm³/mol. The van der Waals surface area contributed by atoms with E-state index in [4.69, 9.17) is 50.6 Å². The van der Waals surface area contributed by atoms with Crippen LogP contribution in [0.2, 0.25) is 0 Å². The first-order chi connectivity index (χ1) is 7.07. The second-order valence-corrected chi connectivity index (χ2v) is 0.373. The van der Waals surface area contributed by atoms with E-state index in [2.05, 4.69) is 0 Å². The Morgan fingerprint density at radius 3 is 0.471 bits per heavy atom. The Morgan fingerprint density at radius 2 is 0.471 bits per heavy atom. The van der Waals surface area contributed by atoms with E-state index >= 15 is 0 Å². The van der Waals surface area contributed by atoms with Crippen LogP contribution in [0.15, 0.2) is 26.7 Å². The van der Waals surface area contributed by atoms with Crippen molar-refractivity contribution >= 4 is 0 Å². The summed E-state index contributed by atoms with van der Waals surface area (Å²) in [6.07, 6.45) is 0. The summed E-state index contributed by atoms with van der Waals surface area (Å²) in [7, 11) is 0. The SMILES string of the molecule is O=N[O-].O=N[O-].O=N[O-].O=N[O-].O=N[O-].[Li+].[Ti+4]. The fourth-order valence-corrected chi connectivity index (χ4v) is 0. The molecule has 0 aromatic rings. The maximum Gasteiger partial charge on any atom is 4.00 e. The standard InChI is InChI=1S/Li.5HNO2.Ti/c;5*2-1-3;/h;5*(H,2,3);/q+1;;;;;;+4/p-5. The quantitative estimate of drug-likeness (QED) is 0.275. The van der Waals surface area contributed by atoms with Gasteiger partial charge in [-0.3, -0.25) is 0 Å². The molecule has 0 saturated carbocycles. The summed E-state index contributed by atoms with van der Waals surface area (Å²) in [4.78, 5) is 40.0. The zero-order valence-electron chi connectivity index (χ0n) is 7.82. The second-order valence-electron chi connectivity index (χ2n) is 0.373. The Kier molecular flexibility index (Phi) is 617. The number of nitrogens with zero attached hydrogens (tertiary/aromatic N) is 5. The zero-order valence-corrected chi connectivity index (χ0v) is 9.38. The van der Waals surface area contributed by atoms with Gasteiger partial charge in [0.1, 0.15) is 0 Å². The first kappa shape index (κ1) is 45.4. The van der Waals surface area contributed by atoms with E-state index in [0.29, 0.717) is 0 Å². The second kappa shape index (κ2) is 231. The molecule has 0 aliphatic rings. The third-order valence-electron chi connectivity index (χ3n) is 0.